The molecule has 102 valence electrons. The zero-order valence-corrected chi connectivity index (χ0v) is 12.1. The van der Waals surface area contributed by atoms with Crippen molar-refractivity contribution in [2.24, 2.45) is 0 Å². The Bertz CT molecular complexity index is 229. The van der Waals surface area contributed by atoms with Crippen LogP contribution in [0.5, 0.6) is 0 Å². The molecule has 0 aromatic carbocycles. The van der Waals surface area contributed by atoms with E-state index in [2.05, 4.69) is 24.5 Å². The van der Waals surface area contributed by atoms with E-state index < -0.39 is 0 Å². The van der Waals surface area contributed by atoms with Gasteiger partial charge in [0.15, 0.2) is 0 Å². The molecule has 0 aromatic rings. The lowest BCUT2D eigenvalue weighted by molar-refractivity contribution is -0.124. The van der Waals surface area contributed by atoms with E-state index in [1.54, 1.807) is 7.11 Å². The third-order valence-corrected chi connectivity index (χ3v) is 3.03. The molecule has 0 radical (unpaired) electrons. The zero-order valence-electron chi connectivity index (χ0n) is 12.1. The van der Waals surface area contributed by atoms with Crippen molar-refractivity contribution in [1.82, 2.24) is 10.6 Å². The highest BCUT2D eigenvalue weighted by Gasteiger charge is 2.22. The maximum Gasteiger partial charge on any atom is 0.237 e. The van der Waals surface area contributed by atoms with Crippen LogP contribution in [-0.4, -0.2) is 37.2 Å². The summed E-state index contributed by atoms with van der Waals surface area (Å²) in [6, 6.07) is 0.105. The fraction of sp³-hybridized carbons (Fsp3) is 0.923. The first-order chi connectivity index (χ1) is 7.82. The van der Waals surface area contributed by atoms with Crippen LogP contribution >= 0.6 is 0 Å². The lowest BCUT2D eigenvalue weighted by Crippen LogP contribution is -2.52. The Hall–Kier alpha value is -0.610. The minimum atomic E-state index is -0.173. The topological polar surface area (TPSA) is 50.4 Å². The van der Waals surface area contributed by atoms with Gasteiger partial charge in [0.05, 0.1) is 6.04 Å². The van der Waals surface area contributed by atoms with Gasteiger partial charge in [-0.05, 0) is 40.5 Å². The minimum Gasteiger partial charge on any atom is -0.385 e. The first kappa shape index (κ1) is 16.4. The zero-order chi connectivity index (χ0) is 13.5. The first-order valence-corrected chi connectivity index (χ1v) is 6.39. The number of hydrogen-bond acceptors (Lipinski definition) is 3. The fourth-order valence-corrected chi connectivity index (χ4v) is 1.41. The highest BCUT2D eigenvalue weighted by Crippen LogP contribution is 2.07. The first-order valence-electron chi connectivity index (χ1n) is 6.39. The molecule has 0 aromatic heterocycles. The van der Waals surface area contributed by atoms with Gasteiger partial charge in [-0.25, -0.2) is 0 Å². The van der Waals surface area contributed by atoms with E-state index in [1.165, 1.54) is 0 Å². The molecule has 2 unspecified atom stereocenters. The predicted octanol–water partition coefficient (Wildman–Crippen LogP) is 1.69. The van der Waals surface area contributed by atoms with Gasteiger partial charge in [0.2, 0.25) is 5.91 Å². The molecule has 0 saturated carbocycles. The van der Waals surface area contributed by atoms with Crippen LogP contribution < -0.4 is 10.6 Å². The van der Waals surface area contributed by atoms with Crippen LogP contribution in [0.3, 0.4) is 0 Å². The maximum atomic E-state index is 11.9. The monoisotopic (exact) mass is 244 g/mol. The highest BCUT2D eigenvalue weighted by molar-refractivity contribution is 5.82. The SMILES string of the molecule is CCC(C)(C)NC(=O)C(C)NC(C)CCOC. The van der Waals surface area contributed by atoms with Crippen LogP contribution in [0.25, 0.3) is 0 Å². The molecule has 0 aliphatic heterocycles. The Kier molecular flexibility index (Phi) is 7.39. The summed E-state index contributed by atoms with van der Waals surface area (Å²) >= 11 is 0. The summed E-state index contributed by atoms with van der Waals surface area (Å²) in [5, 5.41) is 6.30. The molecule has 0 heterocycles. The van der Waals surface area contributed by atoms with Gasteiger partial charge < -0.3 is 15.4 Å². The molecule has 4 nitrogen and oxygen atoms in total. The summed E-state index contributed by atoms with van der Waals surface area (Å²) in [6.07, 6.45) is 1.83. The van der Waals surface area contributed by atoms with Crippen LogP contribution in [0, 0.1) is 0 Å². The van der Waals surface area contributed by atoms with Gasteiger partial charge in [0.25, 0.3) is 0 Å². The molecule has 0 spiro atoms. The molecule has 0 aliphatic carbocycles. The third kappa shape index (κ3) is 7.34. The van der Waals surface area contributed by atoms with Crippen molar-refractivity contribution in [3.05, 3.63) is 0 Å². The largest absolute Gasteiger partial charge is 0.385 e. The standard InChI is InChI=1S/C13H28N2O2/c1-7-13(4,5)15-12(16)11(3)14-10(2)8-9-17-6/h10-11,14H,7-9H2,1-6H3,(H,15,16). The third-order valence-electron chi connectivity index (χ3n) is 3.03. The van der Waals surface area contributed by atoms with Crippen LogP contribution in [0.2, 0.25) is 0 Å². The summed E-state index contributed by atoms with van der Waals surface area (Å²) in [4.78, 5) is 11.9. The minimum absolute atomic E-state index is 0.0566. The smallest absolute Gasteiger partial charge is 0.237 e. The van der Waals surface area contributed by atoms with Gasteiger partial charge in [-0.2, -0.15) is 0 Å². The summed E-state index contributed by atoms with van der Waals surface area (Å²) in [5.74, 6) is 0.0566. The molecular weight excluding hydrogens is 216 g/mol. The molecule has 17 heavy (non-hydrogen) atoms. The maximum absolute atomic E-state index is 11.9. The van der Waals surface area contributed by atoms with Crippen molar-refractivity contribution < 1.29 is 9.53 Å². The molecule has 0 aliphatic rings. The molecular formula is C13H28N2O2. The highest BCUT2D eigenvalue weighted by atomic mass is 16.5. The second-order valence-corrected chi connectivity index (χ2v) is 5.30. The predicted molar refractivity (Wildman–Crippen MR) is 71.1 cm³/mol. The molecule has 2 N–H and O–H groups in total. The molecule has 0 rings (SSSR count). The number of nitrogens with one attached hydrogen (secondary N) is 2. The normalized spacial score (nSPS) is 15.4. The molecule has 0 bridgehead atoms. The number of methoxy groups -OCH3 is 1. The second kappa shape index (κ2) is 7.67. The van der Waals surface area contributed by atoms with Gasteiger partial charge in [-0.1, -0.05) is 6.92 Å². The Balaban J connectivity index is 4.05. The van der Waals surface area contributed by atoms with E-state index in [9.17, 15) is 4.79 Å². The van der Waals surface area contributed by atoms with Crippen LogP contribution in [0.15, 0.2) is 0 Å². The fourth-order valence-electron chi connectivity index (χ4n) is 1.41. The van der Waals surface area contributed by atoms with Crippen LogP contribution in [0.1, 0.15) is 47.5 Å². The van der Waals surface area contributed by atoms with Crippen molar-refractivity contribution in [3.63, 3.8) is 0 Å². The van der Waals surface area contributed by atoms with Gasteiger partial charge in [-0.15, -0.1) is 0 Å². The van der Waals surface area contributed by atoms with Crippen molar-refractivity contribution in [3.8, 4) is 0 Å². The van der Waals surface area contributed by atoms with Crippen molar-refractivity contribution in [2.45, 2.75) is 65.1 Å². The molecule has 1 amide bonds. The van der Waals surface area contributed by atoms with E-state index in [0.29, 0.717) is 6.61 Å². The van der Waals surface area contributed by atoms with Crippen LogP contribution in [-0.2, 0) is 9.53 Å². The Morgan fingerprint density at radius 3 is 2.41 bits per heavy atom. The lowest BCUT2D eigenvalue weighted by Gasteiger charge is -2.28. The summed E-state index contributed by atoms with van der Waals surface area (Å²) in [6.45, 7) is 10.8. The quantitative estimate of drug-likeness (QED) is 0.683. The number of carbonyl (C=O) groups excluding carboxylic acids is 1. The number of ether oxygens (including phenoxy) is 1. The van der Waals surface area contributed by atoms with E-state index in [1.807, 2.05) is 20.8 Å². The van der Waals surface area contributed by atoms with Crippen LogP contribution in [0.4, 0.5) is 0 Å². The molecule has 2 atom stereocenters. The van der Waals surface area contributed by atoms with E-state index in [0.717, 1.165) is 12.8 Å². The van der Waals surface area contributed by atoms with Gasteiger partial charge in [0.1, 0.15) is 0 Å². The summed E-state index contributed by atoms with van der Waals surface area (Å²) in [7, 11) is 1.69. The van der Waals surface area contributed by atoms with Crippen molar-refractivity contribution in [2.75, 3.05) is 13.7 Å². The summed E-state index contributed by atoms with van der Waals surface area (Å²) in [5.41, 5.74) is -0.136. The Labute approximate surface area is 105 Å². The molecule has 0 saturated heterocycles. The molecule has 0 fully saturated rings. The second-order valence-electron chi connectivity index (χ2n) is 5.30. The Morgan fingerprint density at radius 2 is 1.94 bits per heavy atom. The lowest BCUT2D eigenvalue weighted by atomic mass is 10.0. The average molecular weight is 244 g/mol. The average Bonchev–Trinajstić information content (AvgIpc) is 2.25. The van der Waals surface area contributed by atoms with Crippen molar-refractivity contribution >= 4 is 5.91 Å². The number of amides is 1. The van der Waals surface area contributed by atoms with E-state index >= 15 is 0 Å². The van der Waals surface area contributed by atoms with E-state index in [4.69, 9.17) is 4.74 Å². The summed E-state index contributed by atoms with van der Waals surface area (Å²) < 4.78 is 5.01. The Morgan fingerprint density at radius 1 is 1.35 bits per heavy atom. The van der Waals surface area contributed by atoms with Gasteiger partial charge in [-0.3, -0.25) is 4.79 Å². The van der Waals surface area contributed by atoms with Gasteiger partial charge >= 0.3 is 0 Å². The number of carbonyl (C=O) groups is 1. The molecule has 4 heteroatoms. The number of rotatable bonds is 8. The van der Waals surface area contributed by atoms with E-state index in [-0.39, 0.29) is 23.5 Å². The number of hydrogen-bond donors (Lipinski definition) is 2. The van der Waals surface area contributed by atoms with Crippen molar-refractivity contribution in [1.29, 1.82) is 0 Å². The van der Waals surface area contributed by atoms with Gasteiger partial charge in [0, 0.05) is 25.3 Å².